The van der Waals surface area contributed by atoms with E-state index < -0.39 is 28.8 Å². The van der Waals surface area contributed by atoms with Crippen LogP contribution in [0.1, 0.15) is 77.8 Å². The molecule has 0 N–H and O–H groups in total. The van der Waals surface area contributed by atoms with Gasteiger partial charge in [-0.25, -0.2) is 9.48 Å². The summed E-state index contributed by atoms with van der Waals surface area (Å²) in [5.74, 6) is -1.97. The normalized spacial score (nSPS) is 22.6. The molecule has 0 spiro atoms. The number of carbonyl (C=O) groups excluding carboxylic acids is 3. The topological polar surface area (TPSA) is 112 Å². The second-order valence-electron chi connectivity index (χ2n) is 12.7. The van der Waals surface area contributed by atoms with Gasteiger partial charge in [0.05, 0.1) is 31.7 Å². The first-order valence-electron chi connectivity index (χ1n) is 14.4. The van der Waals surface area contributed by atoms with Crippen LogP contribution < -0.4 is 0 Å². The molecule has 11 heteroatoms. The molecule has 2 heterocycles. The summed E-state index contributed by atoms with van der Waals surface area (Å²) in [4.78, 5) is 41.9. The molecule has 11 nitrogen and oxygen atoms in total. The van der Waals surface area contributed by atoms with Crippen LogP contribution in [0.4, 0.5) is 4.79 Å². The van der Waals surface area contributed by atoms with Gasteiger partial charge in [0.1, 0.15) is 11.8 Å². The van der Waals surface area contributed by atoms with E-state index in [1.165, 1.54) is 14.2 Å². The van der Waals surface area contributed by atoms with Gasteiger partial charge in [0, 0.05) is 45.0 Å². The number of carbonyl (C=O) groups is 3. The van der Waals surface area contributed by atoms with Crippen LogP contribution in [0.5, 0.6) is 0 Å². The maximum Gasteiger partial charge on any atom is 0.410 e. The summed E-state index contributed by atoms with van der Waals surface area (Å²) in [7, 11) is 6.43. The predicted molar refractivity (Wildman–Crippen MR) is 154 cm³/mol. The number of amides is 1. The smallest absolute Gasteiger partial charge is 0.410 e. The number of hydrogen-bond donors (Lipinski definition) is 0. The zero-order valence-electron chi connectivity index (χ0n) is 26.2. The Hall–Kier alpha value is -2.92. The van der Waals surface area contributed by atoms with Crippen LogP contribution >= 0.6 is 0 Å². The fraction of sp³-hybridized carbons (Fsp3) is 0.733. The average Bonchev–Trinajstić information content (AvgIpc) is 3.33. The summed E-state index contributed by atoms with van der Waals surface area (Å²) >= 11 is 0. The van der Waals surface area contributed by atoms with E-state index in [0.717, 1.165) is 36.1 Å². The van der Waals surface area contributed by atoms with Gasteiger partial charge in [0.25, 0.3) is 0 Å². The highest BCUT2D eigenvalue weighted by Gasteiger charge is 2.48. The highest BCUT2D eigenvalue weighted by atomic mass is 16.6. The van der Waals surface area contributed by atoms with Gasteiger partial charge in [0.15, 0.2) is 0 Å². The number of allylic oxidation sites excluding steroid dienone is 1. The van der Waals surface area contributed by atoms with Gasteiger partial charge >= 0.3 is 18.0 Å². The quantitative estimate of drug-likeness (QED) is 0.314. The lowest BCUT2D eigenvalue weighted by Crippen LogP contribution is -2.43. The highest BCUT2D eigenvalue weighted by Crippen LogP contribution is 2.48. The minimum atomic E-state index is -0.706. The van der Waals surface area contributed by atoms with E-state index in [1.807, 2.05) is 58.6 Å². The Bertz CT molecular complexity index is 1110. The largest absolute Gasteiger partial charge is 0.469 e. The van der Waals surface area contributed by atoms with E-state index in [-0.39, 0.29) is 18.3 Å². The molecule has 1 amide bonds. The second kappa shape index (κ2) is 13.4. The second-order valence-corrected chi connectivity index (χ2v) is 12.7. The van der Waals surface area contributed by atoms with Crippen LogP contribution in [0.3, 0.4) is 0 Å². The van der Waals surface area contributed by atoms with Gasteiger partial charge in [-0.05, 0) is 64.5 Å². The molecule has 230 valence electrons. The molecule has 0 saturated carbocycles. The van der Waals surface area contributed by atoms with E-state index in [1.54, 1.807) is 11.9 Å². The van der Waals surface area contributed by atoms with Crippen LogP contribution in [0.15, 0.2) is 12.3 Å². The molecule has 1 fully saturated rings. The summed E-state index contributed by atoms with van der Waals surface area (Å²) in [6.07, 6.45) is 6.68. The molecule has 0 bridgehead atoms. The third-order valence-electron chi connectivity index (χ3n) is 7.96. The summed E-state index contributed by atoms with van der Waals surface area (Å²) in [6.45, 7) is 11.6. The Morgan fingerprint density at radius 2 is 1.78 bits per heavy atom. The van der Waals surface area contributed by atoms with Crippen molar-refractivity contribution < 1.29 is 33.3 Å². The Labute approximate surface area is 244 Å². The van der Waals surface area contributed by atoms with E-state index in [9.17, 15) is 14.4 Å². The number of esters is 2. The molecule has 0 radical (unpaired) electrons. The monoisotopic (exact) mass is 576 g/mol. The van der Waals surface area contributed by atoms with Crippen LogP contribution in [0.25, 0.3) is 5.57 Å². The molecular weight excluding hydrogens is 528 g/mol. The minimum Gasteiger partial charge on any atom is -0.469 e. The molecule has 0 aromatic carbocycles. The van der Waals surface area contributed by atoms with Crippen molar-refractivity contribution in [3.8, 4) is 0 Å². The van der Waals surface area contributed by atoms with Gasteiger partial charge in [-0.3, -0.25) is 9.59 Å². The number of rotatable bonds is 9. The van der Waals surface area contributed by atoms with E-state index in [0.29, 0.717) is 32.7 Å². The van der Waals surface area contributed by atoms with Crippen molar-refractivity contribution in [3.05, 3.63) is 23.5 Å². The molecule has 1 aromatic rings. The lowest BCUT2D eigenvalue weighted by Gasteiger charge is -2.40. The standard InChI is InChI=1S/C30H48N4O7/c1-29(2,3)41-28(37)33(7)14-13-32(6)18-21-19-34(24-12-10-11-15-40-24)31-25(21)20-16-22(26(35)38-8)30(4,5)23(17-20)27(36)39-9/h16,19,22-24H,10-15,17-18H2,1-9H3. The molecule has 1 aliphatic carbocycles. The molecule has 1 aromatic heterocycles. The highest BCUT2D eigenvalue weighted by molar-refractivity contribution is 5.85. The molecular formula is C30H48N4O7. The molecule has 1 saturated heterocycles. The minimum absolute atomic E-state index is 0.173. The third-order valence-corrected chi connectivity index (χ3v) is 7.96. The van der Waals surface area contributed by atoms with Crippen LogP contribution in [-0.4, -0.2) is 91.2 Å². The van der Waals surface area contributed by atoms with Crippen molar-refractivity contribution in [1.82, 2.24) is 19.6 Å². The number of nitrogens with zero attached hydrogens (tertiary/aromatic N) is 4. The van der Waals surface area contributed by atoms with Crippen molar-refractivity contribution in [1.29, 1.82) is 0 Å². The van der Waals surface area contributed by atoms with Crippen molar-refractivity contribution in [2.24, 2.45) is 17.3 Å². The Morgan fingerprint density at radius 3 is 2.37 bits per heavy atom. The Kier molecular flexibility index (Phi) is 10.6. The fourth-order valence-electron chi connectivity index (χ4n) is 5.40. The van der Waals surface area contributed by atoms with Crippen LogP contribution in [-0.2, 0) is 35.1 Å². The first-order valence-corrected chi connectivity index (χ1v) is 14.4. The zero-order chi connectivity index (χ0) is 30.5. The van der Waals surface area contributed by atoms with E-state index in [2.05, 4.69) is 4.90 Å². The van der Waals surface area contributed by atoms with Crippen molar-refractivity contribution in [2.45, 2.75) is 78.7 Å². The molecule has 41 heavy (non-hydrogen) atoms. The molecule has 3 unspecified atom stereocenters. The first-order chi connectivity index (χ1) is 19.2. The predicted octanol–water partition coefficient (Wildman–Crippen LogP) is 4.27. The molecule has 3 rings (SSSR count). The summed E-state index contributed by atoms with van der Waals surface area (Å²) in [5, 5.41) is 4.97. The van der Waals surface area contributed by atoms with Crippen molar-refractivity contribution in [3.63, 3.8) is 0 Å². The van der Waals surface area contributed by atoms with Gasteiger partial charge in [-0.15, -0.1) is 0 Å². The van der Waals surface area contributed by atoms with Crippen LogP contribution in [0, 0.1) is 17.3 Å². The van der Waals surface area contributed by atoms with E-state index >= 15 is 0 Å². The summed E-state index contributed by atoms with van der Waals surface area (Å²) in [5.41, 5.74) is 1.21. The van der Waals surface area contributed by atoms with Gasteiger partial charge in [-0.2, -0.15) is 5.10 Å². The maximum atomic E-state index is 12.9. The van der Waals surface area contributed by atoms with Gasteiger partial charge in [0.2, 0.25) is 0 Å². The molecule has 3 atom stereocenters. The fourth-order valence-corrected chi connectivity index (χ4v) is 5.40. The SMILES string of the molecule is COC(=O)C1C=C(c2nn(C3CCCCO3)cc2CN(C)CCN(C)C(=O)OC(C)(C)C)CC(C(=O)OC)C1(C)C. The van der Waals surface area contributed by atoms with Crippen molar-refractivity contribution in [2.75, 3.05) is 48.0 Å². The number of likely N-dealkylation sites (N-methyl/N-ethyl adjacent to an activating group) is 2. The van der Waals surface area contributed by atoms with Crippen molar-refractivity contribution >= 4 is 23.6 Å². The van der Waals surface area contributed by atoms with E-state index in [4.69, 9.17) is 24.0 Å². The molecule has 2 aliphatic rings. The number of methoxy groups -OCH3 is 2. The van der Waals surface area contributed by atoms with Crippen LogP contribution in [0.2, 0.25) is 0 Å². The van der Waals surface area contributed by atoms with Gasteiger partial charge < -0.3 is 28.7 Å². The molecule has 1 aliphatic heterocycles. The third kappa shape index (κ3) is 8.09. The number of hydrogen-bond acceptors (Lipinski definition) is 9. The lowest BCUT2D eigenvalue weighted by atomic mass is 9.62. The first kappa shape index (κ1) is 32.6. The summed E-state index contributed by atoms with van der Waals surface area (Å²) < 4.78 is 23.6. The van der Waals surface area contributed by atoms with Gasteiger partial charge in [-0.1, -0.05) is 19.9 Å². The summed E-state index contributed by atoms with van der Waals surface area (Å²) in [6, 6.07) is 0. The average molecular weight is 577 g/mol. The Balaban J connectivity index is 1.92. The Morgan fingerprint density at radius 1 is 1.10 bits per heavy atom. The zero-order valence-corrected chi connectivity index (χ0v) is 26.2. The number of aromatic nitrogens is 2. The lowest BCUT2D eigenvalue weighted by molar-refractivity contribution is -0.156. The maximum absolute atomic E-state index is 12.9. The number of ether oxygens (including phenoxy) is 4.